The molecule has 1 fully saturated rings. The van der Waals surface area contributed by atoms with Crippen molar-refractivity contribution in [2.45, 2.75) is 35.6 Å². The average molecular weight is 469 g/mol. The lowest BCUT2D eigenvalue weighted by Gasteiger charge is -2.19. The van der Waals surface area contributed by atoms with E-state index in [1.165, 1.54) is 16.4 Å². The SMILES string of the molecule is CSc1ccc([C@@H](C)NC(=O)COc2ccc(Cl)cc2S(=O)(=O)N2CCCC2)cc1. The average Bonchev–Trinajstić information content (AvgIpc) is 3.28. The minimum Gasteiger partial charge on any atom is -0.482 e. The van der Waals surface area contributed by atoms with Gasteiger partial charge >= 0.3 is 0 Å². The van der Waals surface area contributed by atoms with Crippen LogP contribution in [0.3, 0.4) is 0 Å². The highest BCUT2D eigenvalue weighted by atomic mass is 35.5. The Morgan fingerprint density at radius 3 is 2.50 bits per heavy atom. The van der Waals surface area contributed by atoms with Crippen molar-refractivity contribution in [1.29, 1.82) is 0 Å². The van der Waals surface area contributed by atoms with Gasteiger partial charge in [0.1, 0.15) is 10.6 Å². The first kappa shape index (κ1) is 22.9. The fraction of sp³-hybridized carbons (Fsp3) is 0.381. The molecule has 0 aromatic heterocycles. The number of thioether (sulfide) groups is 1. The second kappa shape index (κ2) is 10.0. The topological polar surface area (TPSA) is 75.7 Å². The number of benzene rings is 2. The molecule has 30 heavy (non-hydrogen) atoms. The number of carbonyl (C=O) groups excluding carboxylic acids is 1. The molecule has 3 rings (SSSR count). The molecule has 1 amide bonds. The maximum Gasteiger partial charge on any atom is 0.258 e. The predicted molar refractivity (Wildman–Crippen MR) is 120 cm³/mol. The molecule has 0 unspecified atom stereocenters. The van der Waals surface area contributed by atoms with E-state index in [-0.39, 0.29) is 29.2 Å². The van der Waals surface area contributed by atoms with Gasteiger partial charge in [0.15, 0.2) is 6.61 Å². The van der Waals surface area contributed by atoms with E-state index in [2.05, 4.69) is 5.32 Å². The first-order chi connectivity index (χ1) is 14.3. The Labute approximate surface area is 187 Å². The third-order valence-corrected chi connectivity index (χ3v) is 7.84. The Morgan fingerprint density at radius 2 is 1.87 bits per heavy atom. The molecule has 0 spiro atoms. The molecule has 6 nitrogen and oxygen atoms in total. The van der Waals surface area contributed by atoms with E-state index in [0.717, 1.165) is 23.3 Å². The van der Waals surface area contributed by atoms with Crippen LogP contribution in [0.2, 0.25) is 5.02 Å². The highest BCUT2D eigenvalue weighted by Crippen LogP contribution is 2.31. The minimum absolute atomic E-state index is 0.00889. The number of ether oxygens (including phenoxy) is 1. The van der Waals surface area contributed by atoms with E-state index in [1.807, 2.05) is 37.4 Å². The molecule has 0 bridgehead atoms. The third kappa shape index (κ3) is 5.49. The first-order valence-electron chi connectivity index (χ1n) is 9.67. The summed E-state index contributed by atoms with van der Waals surface area (Å²) in [6.45, 7) is 2.54. The maximum atomic E-state index is 13.0. The van der Waals surface area contributed by atoms with E-state index in [0.29, 0.717) is 18.1 Å². The summed E-state index contributed by atoms with van der Waals surface area (Å²) < 4.78 is 32.9. The van der Waals surface area contributed by atoms with E-state index in [4.69, 9.17) is 16.3 Å². The Bertz CT molecular complexity index is 991. The number of hydrogen-bond donors (Lipinski definition) is 1. The van der Waals surface area contributed by atoms with Crippen LogP contribution in [0.15, 0.2) is 52.3 Å². The molecule has 2 aromatic rings. The van der Waals surface area contributed by atoms with Crippen LogP contribution >= 0.6 is 23.4 Å². The molecule has 1 heterocycles. The van der Waals surface area contributed by atoms with Crippen LogP contribution in [0.4, 0.5) is 0 Å². The van der Waals surface area contributed by atoms with Gasteiger partial charge in [-0.05, 0) is 61.9 Å². The van der Waals surface area contributed by atoms with Crippen LogP contribution in [-0.2, 0) is 14.8 Å². The monoisotopic (exact) mass is 468 g/mol. The predicted octanol–water partition coefficient (Wildman–Crippen LogP) is 4.10. The van der Waals surface area contributed by atoms with Crippen LogP contribution in [0, 0.1) is 0 Å². The number of nitrogens with one attached hydrogen (secondary N) is 1. The van der Waals surface area contributed by atoms with E-state index >= 15 is 0 Å². The lowest BCUT2D eigenvalue weighted by Crippen LogP contribution is -2.32. The standard InChI is InChI=1S/C21H25ClN2O4S2/c1-15(16-5-8-18(29-2)9-6-16)23-21(25)14-28-19-10-7-17(22)13-20(19)30(26,27)24-11-3-4-12-24/h5-10,13,15H,3-4,11-12,14H2,1-2H3,(H,23,25)/t15-/m1/s1. The quantitative estimate of drug-likeness (QED) is 0.590. The molecule has 1 aliphatic heterocycles. The van der Waals surface area contributed by atoms with E-state index in [9.17, 15) is 13.2 Å². The van der Waals surface area contributed by atoms with Crippen molar-refractivity contribution >= 4 is 39.3 Å². The van der Waals surface area contributed by atoms with E-state index < -0.39 is 10.0 Å². The number of carbonyl (C=O) groups is 1. The summed E-state index contributed by atoms with van der Waals surface area (Å²) in [6.07, 6.45) is 3.66. The van der Waals surface area contributed by atoms with Gasteiger partial charge in [0.05, 0.1) is 6.04 Å². The van der Waals surface area contributed by atoms with Gasteiger partial charge in [-0.25, -0.2) is 8.42 Å². The zero-order valence-corrected chi connectivity index (χ0v) is 19.3. The van der Waals surface area contributed by atoms with Gasteiger partial charge in [-0.3, -0.25) is 4.79 Å². The number of sulfonamides is 1. The minimum atomic E-state index is -3.72. The molecule has 2 aromatic carbocycles. The Hall–Kier alpha value is -1.74. The molecule has 1 atom stereocenters. The van der Waals surface area contributed by atoms with Crippen LogP contribution in [0.5, 0.6) is 5.75 Å². The summed E-state index contributed by atoms with van der Waals surface area (Å²) in [6, 6.07) is 12.2. The molecule has 1 aliphatic rings. The van der Waals surface area contributed by atoms with Crippen LogP contribution in [-0.4, -0.2) is 44.6 Å². The van der Waals surface area contributed by atoms with Crippen LogP contribution in [0.1, 0.15) is 31.4 Å². The number of halogens is 1. The second-order valence-corrected chi connectivity index (χ2v) is 10.3. The van der Waals surface area contributed by atoms with Gasteiger partial charge in [-0.2, -0.15) is 4.31 Å². The van der Waals surface area contributed by atoms with Gasteiger partial charge in [0, 0.05) is 23.0 Å². The molecular formula is C21H25ClN2O4S2. The summed E-state index contributed by atoms with van der Waals surface area (Å²) in [5, 5.41) is 3.17. The summed E-state index contributed by atoms with van der Waals surface area (Å²) in [5.74, 6) is -0.214. The largest absolute Gasteiger partial charge is 0.482 e. The maximum absolute atomic E-state index is 13.0. The second-order valence-electron chi connectivity index (χ2n) is 7.05. The number of hydrogen-bond acceptors (Lipinski definition) is 5. The number of rotatable bonds is 8. The number of amides is 1. The molecule has 1 N–H and O–H groups in total. The molecule has 1 saturated heterocycles. The summed E-state index contributed by atoms with van der Waals surface area (Å²) in [5.41, 5.74) is 0.977. The zero-order chi connectivity index (χ0) is 21.7. The Kier molecular flexibility index (Phi) is 7.68. The molecule has 162 valence electrons. The van der Waals surface area contributed by atoms with Gasteiger partial charge < -0.3 is 10.1 Å². The third-order valence-electron chi connectivity index (χ3n) is 4.94. The van der Waals surface area contributed by atoms with Gasteiger partial charge in [-0.15, -0.1) is 11.8 Å². The van der Waals surface area contributed by atoms with Crippen molar-refractivity contribution in [1.82, 2.24) is 9.62 Å². The normalized spacial score (nSPS) is 15.7. The molecule has 9 heteroatoms. The fourth-order valence-electron chi connectivity index (χ4n) is 3.27. The molecule has 0 aliphatic carbocycles. The van der Waals surface area contributed by atoms with Crippen molar-refractivity contribution in [2.24, 2.45) is 0 Å². The summed E-state index contributed by atoms with van der Waals surface area (Å²) >= 11 is 7.68. The highest BCUT2D eigenvalue weighted by molar-refractivity contribution is 7.98. The smallest absolute Gasteiger partial charge is 0.258 e. The van der Waals surface area contributed by atoms with Crippen LogP contribution < -0.4 is 10.1 Å². The Balaban J connectivity index is 1.67. The molecule has 0 radical (unpaired) electrons. The summed E-state index contributed by atoms with van der Waals surface area (Å²) in [4.78, 5) is 13.5. The van der Waals surface area contributed by atoms with E-state index in [1.54, 1.807) is 17.8 Å². The van der Waals surface area contributed by atoms with Gasteiger partial charge in [0.2, 0.25) is 10.0 Å². The Morgan fingerprint density at radius 1 is 1.20 bits per heavy atom. The highest BCUT2D eigenvalue weighted by Gasteiger charge is 2.30. The fourth-order valence-corrected chi connectivity index (χ4v) is 5.59. The van der Waals surface area contributed by atoms with Crippen LogP contribution in [0.25, 0.3) is 0 Å². The van der Waals surface area contributed by atoms with Crippen molar-refractivity contribution in [3.8, 4) is 5.75 Å². The molecule has 0 saturated carbocycles. The van der Waals surface area contributed by atoms with Crippen molar-refractivity contribution in [3.05, 3.63) is 53.1 Å². The van der Waals surface area contributed by atoms with Crippen molar-refractivity contribution in [2.75, 3.05) is 26.0 Å². The van der Waals surface area contributed by atoms with Gasteiger partial charge in [-0.1, -0.05) is 23.7 Å². The lowest BCUT2D eigenvalue weighted by molar-refractivity contribution is -0.123. The first-order valence-corrected chi connectivity index (χ1v) is 12.7. The molecular weight excluding hydrogens is 444 g/mol. The van der Waals surface area contributed by atoms with Crippen molar-refractivity contribution in [3.63, 3.8) is 0 Å². The van der Waals surface area contributed by atoms with Crippen molar-refractivity contribution < 1.29 is 17.9 Å². The van der Waals surface area contributed by atoms with Gasteiger partial charge in [0.25, 0.3) is 5.91 Å². The lowest BCUT2D eigenvalue weighted by atomic mass is 10.1. The number of nitrogens with zero attached hydrogens (tertiary/aromatic N) is 1. The summed E-state index contributed by atoms with van der Waals surface area (Å²) in [7, 11) is -3.72. The zero-order valence-electron chi connectivity index (χ0n) is 16.9.